The topological polar surface area (TPSA) is 64.8 Å². The number of ether oxygens (including phenoxy) is 2. The van der Waals surface area contributed by atoms with Gasteiger partial charge in [0.05, 0.1) is 18.1 Å². The first-order valence-corrected chi connectivity index (χ1v) is 6.84. The highest BCUT2D eigenvalue weighted by Gasteiger charge is 2.37. The Labute approximate surface area is 117 Å². The minimum atomic E-state index is -0.402. The molecule has 2 heterocycles. The Hall–Kier alpha value is -1.66. The maximum Gasteiger partial charge on any atom is 0.269 e. The predicted molar refractivity (Wildman–Crippen MR) is 72.9 cm³/mol. The van der Waals surface area contributed by atoms with E-state index >= 15 is 0 Å². The molecule has 2 bridgehead atoms. The van der Waals surface area contributed by atoms with Crippen LogP contribution < -0.4 is 4.74 Å². The number of piperidine rings is 1. The number of nitrogens with zero attached hydrogens (tertiary/aromatic N) is 2. The lowest BCUT2D eigenvalue weighted by Crippen LogP contribution is -2.57. The average Bonchev–Trinajstić information content (AvgIpc) is 2.40. The molecule has 108 valence electrons. The maximum atomic E-state index is 10.6. The molecule has 0 radical (unpaired) electrons. The van der Waals surface area contributed by atoms with Crippen molar-refractivity contribution in [3.8, 4) is 5.75 Å². The number of benzene rings is 1. The fourth-order valence-electron chi connectivity index (χ4n) is 2.98. The summed E-state index contributed by atoms with van der Waals surface area (Å²) in [4.78, 5) is 12.6. The van der Waals surface area contributed by atoms with Crippen molar-refractivity contribution in [1.29, 1.82) is 0 Å². The first-order chi connectivity index (χ1) is 9.63. The molecule has 1 aromatic carbocycles. The summed E-state index contributed by atoms with van der Waals surface area (Å²) in [6.45, 7) is 1.51. The van der Waals surface area contributed by atoms with Crippen LogP contribution in [0.5, 0.6) is 5.75 Å². The van der Waals surface area contributed by atoms with Gasteiger partial charge in [0.2, 0.25) is 0 Å². The number of likely N-dealkylation sites (N-methyl/N-ethyl adjacent to an activating group) is 1. The summed E-state index contributed by atoms with van der Waals surface area (Å²) in [5.74, 6) is 0.698. The molecule has 6 heteroatoms. The van der Waals surface area contributed by atoms with Crippen molar-refractivity contribution in [2.75, 3.05) is 20.3 Å². The normalized spacial score (nSPS) is 29.9. The zero-order valence-electron chi connectivity index (χ0n) is 11.4. The van der Waals surface area contributed by atoms with Crippen LogP contribution >= 0.6 is 0 Å². The molecular weight excluding hydrogens is 260 g/mol. The lowest BCUT2D eigenvalue weighted by atomic mass is 9.92. The van der Waals surface area contributed by atoms with E-state index < -0.39 is 4.92 Å². The van der Waals surface area contributed by atoms with Crippen LogP contribution in [-0.2, 0) is 4.74 Å². The van der Waals surface area contributed by atoms with Crippen LogP contribution in [0.3, 0.4) is 0 Å². The summed E-state index contributed by atoms with van der Waals surface area (Å²) < 4.78 is 11.5. The third-order valence-corrected chi connectivity index (χ3v) is 4.19. The Morgan fingerprint density at radius 3 is 2.40 bits per heavy atom. The Balaban J connectivity index is 1.65. The SMILES string of the molecule is CN1C2COCC1CC(Oc1ccc([N+](=O)[O-])cc1)C2. The Kier molecular flexibility index (Phi) is 3.58. The molecule has 0 aromatic heterocycles. The Morgan fingerprint density at radius 1 is 1.25 bits per heavy atom. The van der Waals surface area contributed by atoms with Gasteiger partial charge in [-0.15, -0.1) is 0 Å². The minimum Gasteiger partial charge on any atom is -0.490 e. The highest BCUT2D eigenvalue weighted by Crippen LogP contribution is 2.29. The smallest absolute Gasteiger partial charge is 0.269 e. The van der Waals surface area contributed by atoms with Gasteiger partial charge in [0.1, 0.15) is 11.9 Å². The molecule has 2 unspecified atom stereocenters. The van der Waals surface area contributed by atoms with Gasteiger partial charge in [-0.3, -0.25) is 15.0 Å². The molecule has 0 spiro atoms. The molecule has 2 saturated heterocycles. The Bertz CT molecular complexity index is 476. The van der Waals surface area contributed by atoms with Gasteiger partial charge < -0.3 is 9.47 Å². The third kappa shape index (κ3) is 2.62. The summed E-state index contributed by atoms with van der Waals surface area (Å²) in [5, 5.41) is 10.6. The van der Waals surface area contributed by atoms with E-state index in [4.69, 9.17) is 9.47 Å². The van der Waals surface area contributed by atoms with E-state index in [0.717, 1.165) is 26.1 Å². The molecule has 2 atom stereocenters. The maximum absolute atomic E-state index is 10.6. The molecule has 2 aliphatic rings. The van der Waals surface area contributed by atoms with Crippen LogP contribution in [0.1, 0.15) is 12.8 Å². The number of nitro benzene ring substituents is 1. The summed E-state index contributed by atoms with van der Waals surface area (Å²) in [5.41, 5.74) is 0.0889. The summed E-state index contributed by atoms with van der Waals surface area (Å²) in [6, 6.07) is 7.12. The van der Waals surface area contributed by atoms with E-state index in [-0.39, 0.29) is 11.8 Å². The molecule has 2 fully saturated rings. The van der Waals surface area contributed by atoms with Gasteiger partial charge in [-0.25, -0.2) is 0 Å². The van der Waals surface area contributed by atoms with Crippen molar-refractivity contribution in [2.24, 2.45) is 0 Å². The third-order valence-electron chi connectivity index (χ3n) is 4.19. The van der Waals surface area contributed by atoms with Gasteiger partial charge in [0.15, 0.2) is 0 Å². The summed E-state index contributed by atoms with van der Waals surface area (Å²) in [7, 11) is 2.14. The van der Waals surface area contributed by atoms with Gasteiger partial charge >= 0.3 is 0 Å². The molecular formula is C14H18N2O4. The quantitative estimate of drug-likeness (QED) is 0.623. The van der Waals surface area contributed by atoms with E-state index in [9.17, 15) is 10.1 Å². The molecule has 2 aliphatic heterocycles. The lowest BCUT2D eigenvalue weighted by Gasteiger charge is -2.46. The Morgan fingerprint density at radius 2 is 1.85 bits per heavy atom. The van der Waals surface area contributed by atoms with Crippen molar-refractivity contribution >= 4 is 5.69 Å². The van der Waals surface area contributed by atoms with Crippen LogP contribution in [0, 0.1) is 10.1 Å². The molecule has 0 amide bonds. The monoisotopic (exact) mass is 278 g/mol. The van der Waals surface area contributed by atoms with Crippen LogP contribution in [0.2, 0.25) is 0 Å². The molecule has 20 heavy (non-hydrogen) atoms. The van der Waals surface area contributed by atoms with Gasteiger partial charge in [-0.2, -0.15) is 0 Å². The van der Waals surface area contributed by atoms with Crippen LogP contribution in [-0.4, -0.2) is 48.3 Å². The molecule has 3 rings (SSSR count). The number of non-ortho nitro benzene ring substituents is 1. The van der Waals surface area contributed by atoms with Crippen molar-refractivity contribution in [3.63, 3.8) is 0 Å². The number of hydrogen-bond acceptors (Lipinski definition) is 5. The molecule has 0 saturated carbocycles. The molecule has 6 nitrogen and oxygen atoms in total. The number of nitro groups is 1. The first-order valence-electron chi connectivity index (χ1n) is 6.84. The standard InChI is InChI=1S/C14H18N2O4/c1-15-11-6-14(7-12(15)9-19-8-11)20-13-4-2-10(3-5-13)16(17)18/h2-5,11-12,14H,6-9H2,1H3. The van der Waals surface area contributed by atoms with E-state index in [1.807, 2.05) is 0 Å². The fourth-order valence-corrected chi connectivity index (χ4v) is 2.98. The van der Waals surface area contributed by atoms with Crippen molar-refractivity contribution in [1.82, 2.24) is 4.90 Å². The molecule has 0 N–H and O–H groups in total. The number of hydrogen-bond donors (Lipinski definition) is 0. The number of morpholine rings is 1. The van der Waals surface area contributed by atoms with E-state index in [1.165, 1.54) is 12.1 Å². The van der Waals surface area contributed by atoms with Gasteiger partial charge in [-0.1, -0.05) is 0 Å². The molecule has 0 aliphatic carbocycles. The summed E-state index contributed by atoms with van der Waals surface area (Å²) in [6.07, 6.45) is 2.03. The number of fused-ring (bicyclic) bond motifs is 2. The minimum absolute atomic E-state index is 0.0889. The van der Waals surface area contributed by atoms with Crippen LogP contribution in [0.15, 0.2) is 24.3 Å². The highest BCUT2D eigenvalue weighted by atomic mass is 16.6. The highest BCUT2D eigenvalue weighted by molar-refractivity contribution is 5.36. The van der Waals surface area contributed by atoms with E-state index in [1.54, 1.807) is 12.1 Å². The van der Waals surface area contributed by atoms with Crippen LogP contribution in [0.4, 0.5) is 5.69 Å². The fraction of sp³-hybridized carbons (Fsp3) is 0.571. The zero-order chi connectivity index (χ0) is 14.1. The van der Waals surface area contributed by atoms with Crippen molar-refractivity contribution in [3.05, 3.63) is 34.4 Å². The van der Waals surface area contributed by atoms with Crippen LogP contribution in [0.25, 0.3) is 0 Å². The molecule has 1 aromatic rings. The summed E-state index contributed by atoms with van der Waals surface area (Å²) >= 11 is 0. The largest absolute Gasteiger partial charge is 0.490 e. The van der Waals surface area contributed by atoms with Gasteiger partial charge in [-0.05, 0) is 19.2 Å². The average molecular weight is 278 g/mol. The van der Waals surface area contributed by atoms with Gasteiger partial charge in [0.25, 0.3) is 5.69 Å². The second-order valence-electron chi connectivity index (χ2n) is 5.47. The van der Waals surface area contributed by atoms with Crippen molar-refractivity contribution < 1.29 is 14.4 Å². The second kappa shape index (κ2) is 5.38. The zero-order valence-corrected chi connectivity index (χ0v) is 11.4. The number of rotatable bonds is 3. The van der Waals surface area contributed by atoms with E-state index in [0.29, 0.717) is 17.8 Å². The van der Waals surface area contributed by atoms with Gasteiger partial charge in [0, 0.05) is 37.1 Å². The van der Waals surface area contributed by atoms with Crippen molar-refractivity contribution in [2.45, 2.75) is 31.0 Å². The predicted octanol–water partition coefficient (Wildman–Crippen LogP) is 1.84. The van der Waals surface area contributed by atoms with E-state index in [2.05, 4.69) is 11.9 Å². The lowest BCUT2D eigenvalue weighted by molar-refractivity contribution is -0.384. The first kappa shape index (κ1) is 13.3. The second-order valence-corrected chi connectivity index (χ2v) is 5.47.